The lowest BCUT2D eigenvalue weighted by molar-refractivity contribution is -0.135. The van der Waals surface area contributed by atoms with Crippen LogP contribution in [0.5, 0.6) is 5.75 Å². The van der Waals surface area contributed by atoms with Crippen molar-refractivity contribution in [2.75, 3.05) is 6.54 Å². The van der Waals surface area contributed by atoms with E-state index >= 15 is 0 Å². The number of ether oxygens (including phenoxy) is 1. The van der Waals surface area contributed by atoms with Crippen LogP contribution in [0, 0.1) is 17.8 Å². The van der Waals surface area contributed by atoms with E-state index in [1.54, 1.807) is 0 Å². The van der Waals surface area contributed by atoms with E-state index in [4.69, 9.17) is 0 Å². The molecule has 1 aromatic carbocycles. The summed E-state index contributed by atoms with van der Waals surface area (Å²) in [5.41, 5.74) is -0.984. The molecular formula is C22H27F2N3O4. The van der Waals surface area contributed by atoms with Gasteiger partial charge in [0.1, 0.15) is 17.8 Å². The number of benzene rings is 1. The third-order valence-corrected chi connectivity index (χ3v) is 7.06. The maximum absolute atomic E-state index is 13.0. The first-order valence-electron chi connectivity index (χ1n) is 10.7. The van der Waals surface area contributed by atoms with Gasteiger partial charge in [-0.3, -0.25) is 14.5 Å². The maximum Gasteiger partial charge on any atom is 0.387 e. The molecule has 7 nitrogen and oxygen atoms in total. The number of alkyl halides is 2. The van der Waals surface area contributed by atoms with Crippen LogP contribution in [0.2, 0.25) is 0 Å². The fraction of sp³-hybridized carbons (Fsp3) is 0.591. The Morgan fingerprint density at radius 2 is 1.97 bits per heavy atom. The third kappa shape index (κ3) is 4.09. The molecule has 3 fully saturated rings. The van der Waals surface area contributed by atoms with Crippen LogP contribution in [0.3, 0.4) is 0 Å². The van der Waals surface area contributed by atoms with Gasteiger partial charge in [-0.2, -0.15) is 8.78 Å². The number of carbonyl (C=O) groups is 3. The monoisotopic (exact) mass is 435 g/mol. The van der Waals surface area contributed by atoms with Crippen LogP contribution in [0.4, 0.5) is 13.6 Å². The third-order valence-electron chi connectivity index (χ3n) is 7.06. The normalized spacial score (nSPS) is 30.6. The van der Waals surface area contributed by atoms with Crippen molar-refractivity contribution in [1.82, 2.24) is 15.5 Å². The van der Waals surface area contributed by atoms with Crippen LogP contribution >= 0.6 is 0 Å². The van der Waals surface area contributed by atoms with Gasteiger partial charge in [0.2, 0.25) is 5.91 Å². The highest BCUT2D eigenvalue weighted by Gasteiger charge is 2.50. The van der Waals surface area contributed by atoms with Crippen molar-refractivity contribution in [2.45, 2.75) is 57.7 Å². The number of rotatable bonds is 7. The van der Waals surface area contributed by atoms with Gasteiger partial charge in [0.25, 0.3) is 5.91 Å². The molecule has 31 heavy (non-hydrogen) atoms. The molecule has 168 valence electrons. The number of hydrogen-bond acceptors (Lipinski definition) is 4. The first-order chi connectivity index (χ1) is 14.7. The average molecular weight is 435 g/mol. The molecule has 9 heteroatoms. The van der Waals surface area contributed by atoms with Crippen molar-refractivity contribution >= 4 is 17.8 Å². The molecule has 1 aromatic rings. The molecule has 1 saturated heterocycles. The Morgan fingerprint density at radius 3 is 2.55 bits per heavy atom. The molecule has 2 bridgehead atoms. The molecule has 1 heterocycles. The van der Waals surface area contributed by atoms with Crippen LogP contribution in [-0.4, -0.2) is 41.9 Å². The van der Waals surface area contributed by atoms with Crippen LogP contribution in [-0.2, 0) is 15.1 Å². The number of halogens is 2. The summed E-state index contributed by atoms with van der Waals surface area (Å²) in [7, 11) is 0. The molecule has 0 unspecified atom stereocenters. The van der Waals surface area contributed by atoms with Gasteiger partial charge in [-0.15, -0.1) is 0 Å². The van der Waals surface area contributed by atoms with E-state index in [-0.39, 0.29) is 24.2 Å². The summed E-state index contributed by atoms with van der Waals surface area (Å²) < 4.78 is 29.0. The first kappa shape index (κ1) is 21.5. The summed E-state index contributed by atoms with van der Waals surface area (Å²) in [5, 5.41) is 5.58. The second-order valence-electron chi connectivity index (χ2n) is 9.04. The van der Waals surface area contributed by atoms with Crippen LogP contribution in [0.1, 0.15) is 45.1 Å². The lowest BCUT2D eigenvalue weighted by atomic mass is 9.84. The maximum atomic E-state index is 13.0. The van der Waals surface area contributed by atoms with E-state index < -0.39 is 24.1 Å². The van der Waals surface area contributed by atoms with Gasteiger partial charge in [0.15, 0.2) is 0 Å². The Hall–Kier alpha value is -2.71. The molecule has 1 aliphatic heterocycles. The highest BCUT2D eigenvalue weighted by molar-refractivity contribution is 6.09. The van der Waals surface area contributed by atoms with E-state index in [1.807, 2.05) is 6.92 Å². The number of nitrogens with zero attached hydrogens (tertiary/aromatic N) is 1. The Morgan fingerprint density at radius 1 is 1.26 bits per heavy atom. The number of fused-ring (bicyclic) bond motifs is 2. The zero-order valence-electron chi connectivity index (χ0n) is 17.6. The van der Waals surface area contributed by atoms with E-state index in [0.29, 0.717) is 17.4 Å². The number of urea groups is 1. The van der Waals surface area contributed by atoms with E-state index in [2.05, 4.69) is 15.4 Å². The summed E-state index contributed by atoms with van der Waals surface area (Å²) in [5.74, 6) is 0.872. The second kappa shape index (κ2) is 8.09. The summed E-state index contributed by atoms with van der Waals surface area (Å²) in [6.45, 7) is 0.191. The first-order valence-corrected chi connectivity index (χ1v) is 10.7. The van der Waals surface area contributed by atoms with Crippen molar-refractivity contribution in [3.05, 3.63) is 29.8 Å². The second-order valence-corrected chi connectivity index (χ2v) is 9.04. The van der Waals surface area contributed by atoms with Gasteiger partial charge in [-0.1, -0.05) is 18.6 Å². The Kier molecular flexibility index (Phi) is 5.61. The minimum absolute atomic E-state index is 0.00247. The number of nitrogens with one attached hydrogen (secondary N) is 2. The van der Waals surface area contributed by atoms with Crippen molar-refractivity contribution in [3.8, 4) is 5.75 Å². The predicted octanol–water partition coefficient (Wildman–Crippen LogP) is 3.00. The lowest BCUT2D eigenvalue weighted by Crippen LogP contribution is -2.47. The summed E-state index contributed by atoms with van der Waals surface area (Å²) >= 11 is 0. The van der Waals surface area contributed by atoms with Crippen LogP contribution in [0.15, 0.2) is 24.3 Å². The molecule has 2 N–H and O–H groups in total. The molecule has 5 atom stereocenters. The Labute approximate surface area is 179 Å². The van der Waals surface area contributed by atoms with Gasteiger partial charge in [0.05, 0.1) is 0 Å². The fourth-order valence-corrected chi connectivity index (χ4v) is 5.46. The smallest absolute Gasteiger partial charge is 0.387 e. The summed E-state index contributed by atoms with van der Waals surface area (Å²) in [6.07, 6.45) is 4.84. The van der Waals surface area contributed by atoms with Gasteiger partial charge in [0, 0.05) is 6.04 Å². The van der Waals surface area contributed by atoms with Crippen molar-refractivity contribution in [1.29, 1.82) is 0 Å². The zero-order valence-corrected chi connectivity index (χ0v) is 17.6. The molecular weight excluding hydrogens is 408 g/mol. The molecule has 2 aliphatic carbocycles. The fourth-order valence-electron chi connectivity index (χ4n) is 5.46. The van der Waals surface area contributed by atoms with Crippen LogP contribution < -0.4 is 15.4 Å². The minimum Gasteiger partial charge on any atom is -0.435 e. The van der Waals surface area contributed by atoms with Crippen molar-refractivity contribution < 1.29 is 27.9 Å². The molecule has 3 aliphatic rings. The van der Waals surface area contributed by atoms with Gasteiger partial charge < -0.3 is 15.4 Å². The van der Waals surface area contributed by atoms with E-state index in [0.717, 1.165) is 17.2 Å². The molecule has 2 saturated carbocycles. The number of hydrogen-bond donors (Lipinski definition) is 2. The standard InChI is InChI=1S/C22H27F2N3O4/c1-12(17-10-13-3-4-14(17)9-13)25-18(28)11-27-19(29)22(2,26-21(27)30)15-5-7-16(8-6-15)31-20(23)24/h5-8,12-14,17,20H,3-4,9-11H2,1-2H3,(H,25,28)(H,26,30)/t12-,13+,14+,17+,22+/m0/s1. The quantitative estimate of drug-likeness (QED) is 0.645. The predicted molar refractivity (Wildman–Crippen MR) is 107 cm³/mol. The van der Waals surface area contributed by atoms with E-state index in [9.17, 15) is 23.2 Å². The minimum atomic E-state index is -2.95. The molecule has 0 spiro atoms. The van der Waals surface area contributed by atoms with Crippen LogP contribution in [0.25, 0.3) is 0 Å². The number of imide groups is 1. The zero-order chi connectivity index (χ0) is 22.3. The van der Waals surface area contributed by atoms with Gasteiger partial charge >= 0.3 is 12.6 Å². The molecule has 0 radical (unpaired) electrons. The lowest BCUT2D eigenvalue weighted by Gasteiger charge is -2.29. The highest BCUT2D eigenvalue weighted by Crippen LogP contribution is 2.49. The molecule has 0 aromatic heterocycles. The largest absolute Gasteiger partial charge is 0.435 e. The topological polar surface area (TPSA) is 87.7 Å². The summed E-state index contributed by atoms with van der Waals surface area (Å²) in [6, 6.07) is 4.82. The number of carbonyl (C=O) groups excluding carboxylic acids is 3. The number of amides is 4. The van der Waals surface area contributed by atoms with Gasteiger partial charge in [-0.05, 0) is 68.6 Å². The Balaban J connectivity index is 1.39. The highest BCUT2D eigenvalue weighted by atomic mass is 19.3. The van der Waals surface area contributed by atoms with Crippen molar-refractivity contribution in [2.24, 2.45) is 17.8 Å². The molecule has 4 amide bonds. The average Bonchev–Trinajstić information content (AvgIpc) is 3.39. The SMILES string of the molecule is C[C@H](NC(=O)CN1C(=O)N[C@](C)(c2ccc(OC(F)F)cc2)C1=O)[C@H]1C[C@@H]2CC[C@@H]1C2. The summed E-state index contributed by atoms with van der Waals surface area (Å²) in [4.78, 5) is 38.9. The Bertz CT molecular complexity index is 878. The molecule has 4 rings (SSSR count). The van der Waals surface area contributed by atoms with Crippen molar-refractivity contribution in [3.63, 3.8) is 0 Å². The van der Waals surface area contributed by atoms with Gasteiger partial charge in [-0.25, -0.2) is 4.79 Å². The van der Waals surface area contributed by atoms with E-state index in [1.165, 1.54) is 50.5 Å².